The topological polar surface area (TPSA) is 89.9 Å². The molecule has 30 heavy (non-hydrogen) atoms. The number of hydrogen-bond donors (Lipinski definition) is 1. The average molecular weight is 405 g/mol. The summed E-state index contributed by atoms with van der Waals surface area (Å²) in [7, 11) is 0. The minimum Gasteiger partial charge on any atom is -0.384 e. The molecule has 7 nitrogen and oxygen atoms in total. The second-order valence-corrected chi connectivity index (χ2v) is 8.02. The molecule has 4 rings (SSSR count). The van der Waals surface area contributed by atoms with Crippen molar-refractivity contribution in [3.8, 4) is 0 Å². The molecule has 3 aromatic rings. The van der Waals surface area contributed by atoms with Gasteiger partial charge < -0.3 is 10.6 Å². The lowest BCUT2D eigenvalue weighted by Gasteiger charge is -2.18. The highest BCUT2D eigenvalue weighted by molar-refractivity contribution is 5.94. The van der Waals surface area contributed by atoms with Crippen molar-refractivity contribution in [3.05, 3.63) is 64.6 Å². The first-order valence-corrected chi connectivity index (χ1v) is 10.5. The lowest BCUT2D eigenvalue weighted by atomic mass is 10.0. The minimum atomic E-state index is -0.0114. The van der Waals surface area contributed by atoms with Crippen molar-refractivity contribution >= 4 is 17.3 Å². The Morgan fingerprint density at radius 2 is 1.97 bits per heavy atom. The van der Waals surface area contributed by atoms with Gasteiger partial charge in [-0.2, -0.15) is 0 Å². The zero-order chi connectivity index (χ0) is 21.1. The van der Waals surface area contributed by atoms with Gasteiger partial charge in [0.05, 0.1) is 12.7 Å². The number of rotatable bonds is 7. The lowest BCUT2D eigenvalue weighted by molar-refractivity contribution is 0.0978. The molecule has 1 fully saturated rings. The number of nitrogen functional groups attached to an aromatic ring is 1. The Hall–Kier alpha value is -3.22. The predicted octanol–water partition coefficient (Wildman–Crippen LogP) is 3.34. The normalized spacial score (nSPS) is 13.7. The standard InChI is InChI=1S/C23H28N6O/c1-16-12-23(24)25-17(2)20(16)8-9-22(30)21-15-29(27-26-21)14-18-6-5-7-19(13-18)28-10-3-4-11-28/h5-7,12-13,15H,3-4,8-11,14H2,1-2H3,(H2,24,25). The second-order valence-electron chi connectivity index (χ2n) is 8.02. The van der Waals surface area contributed by atoms with Crippen LogP contribution in [0.3, 0.4) is 0 Å². The van der Waals surface area contributed by atoms with E-state index in [1.807, 2.05) is 19.9 Å². The van der Waals surface area contributed by atoms with Crippen molar-refractivity contribution < 1.29 is 4.79 Å². The first kappa shape index (κ1) is 20.1. The maximum absolute atomic E-state index is 12.6. The Kier molecular flexibility index (Phi) is 5.79. The van der Waals surface area contributed by atoms with Crippen LogP contribution in [0.25, 0.3) is 0 Å². The molecule has 1 saturated heterocycles. The molecule has 1 aromatic carbocycles. The van der Waals surface area contributed by atoms with Crippen LogP contribution in [0, 0.1) is 13.8 Å². The fourth-order valence-corrected chi connectivity index (χ4v) is 4.15. The van der Waals surface area contributed by atoms with Gasteiger partial charge in [0.25, 0.3) is 0 Å². The van der Waals surface area contributed by atoms with Crippen LogP contribution in [0.15, 0.2) is 36.5 Å². The molecule has 0 amide bonds. The number of nitrogens with two attached hydrogens (primary N) is 1. The molecule has 3 heterocycles. The van der Waals surface area contributed by atoms with E-state index in [4.69, 9.17) is 5.73 Å². The molecule has 1 aliphatic rings. The van der Waals surface area contributed by atoms with E-state index in [0.717, 1.165) is 35.5 Å². The third-order valence-electron chi connectivity index (χ3n) is 5.73. The summed E-state index contributed by atoms with van der Waals surface area (Å²) in [6.07, 6.45) is 5.24. The van der Waals surface area contributed by atoms with Gasteiger partial charge in [0.2, 0.25) is 0 Å². The van der Waals surface area contributed by atoms with Gasteiger partial charge in [-0.3, -0.25) is 4.79 Å². The van der Waals surface area contributed by atoms with E-state index < -0.39 is 0 Å². The molecule has 0 radical (unpaired) electrons. The maximum atomic E-state index is 12.6. The van der Waals surface area contributed by atoms with Crippen LogP contribution < -0.4 is 10.6 Å². The largest absolute Gasteiger partial charge is 0.384 e. The number of hydrogen-bond acceptors (Lipinski definition) is 6. The van der Waals surface area contributed by atoms with Crippen molar-refractivity contribution in [1.29, 1.82) is 0 Å². The number of Topliss-reactive ketones (excluding diaryl/α,β-unsaturated/α-hetero) is 1. The summed E-state index contributed by atoms with van der Waals surface area (Å²) in [4.78, 5) is 19.3. The van der Waals surface area contributed by atoms with Crippen molar-refractivity contribution in [2.45, 2.75) is 46.1 Å². The van der Waals surface area contributed by atoms with Gasteiger partial charge in [-0.05, 0) is 68.0 Å². The van der Waals surface area contributed by atoms with Crippen LogP contribution in [0.5, 0.6) is 0 Å². The fraction of sp³-hybridized carbons (Fsp3) is 0.391. The molecule has 0 spiro atoms. The van der Waals surface area contributed by atoms with Gasteiger partial charge in [0, 0.05) is 30.9 Å². The van der Waals surface area contributed by atoms with Crippen LogP contribution in [-0.2, 0) is 13.0 Å². The molecular weight excluding hydrogens is 376 g/mol. The van der Waals surface area contributed by atoms with Gasteiger partial charge in [-0.15, -0.1) is 5.10 Å². The van der Waals surface area contributed by atoms with E-state index in [2.05, 4.69) is 44.5 Å². The predicted molar refractivity (Wildman–Crippen MR) is 118 cm³/mol. The third kappa shape index (κ3) is 4.50. The number of carbonyl (C=O) groups excluding carboxylic acids is 1. The SMILES string of the molecule is Cc1cc(N)nc(C)c1CCC(=O)c1cn(Cc2cccc(N3CCCC3)c2)nn1. The van der Waals surface area contributed by atoms with E-state index in [1.165, 1.54) is 18.5 Å². The minimum absolute atomic E-state index is 0.0114. The monoisotopic (exact) mass is 404 g/mol. The summed E-state index contributed by atoms with van der Waals surface area (Å²) < 4.78 is 1.73. The summed E-state index contributed by atoms with van der Waals surface area (Å²) >= 11 is 0. The fourth-order valence-electron chi connectivity index (χ4n) is 4.15. The average Bonchev–Trinajstić information content (AvgIpc) is 3.39. The van der Waals surface area contributed by atoms with Crippen LogP contribution >= 0.6 is 0 Å². The first-order chi connectivity index (χ1) is 14.5. The molecule has 0 bridgehead atoms. The molecule has 2 N–H and O–H groups in total. The zero-order valence-electron chi connectivity index (χ0n) is 17.6. The Balaban J connectivity index is 1.39. The van der Waals surface area contributed by atoms with Crippen LogP contribution in [0.1, 0.15) is 52.1 Å². The number of aromatic nitrogens is 4. The molecule has 156 valence electrons. The van der Waals surface area contributed by atoms with Gasteiger partial charge in [0.15, 0.2) is 5.78 Å². The summed E-state index contributed by atoms with van der Waals surface area (Å²) in [5.41, 5.74) is 11.6. The molecule has 0 aliphatic carbocycles. The van der Waals surface area contributed by atoms with Crippen LogP contribution in [0.2, 0.25) is 0 Å². The maximum Gasteiger partial charge on any atom is 0.185 e. The lowest BCUT2D eigenvalue weighted by Crippen LogP contribution is -2.17. The number of anilines is 2. The van der Waals surface area contributed by atoms with E-state index in [0.29, 0.717) is 30.9 Å². The first-order valence-electron chi connectivity index (χ1n) is 10.5. The van der Waals surface area contributed by atoms with Crippen LogP contribution in [-0.4, -0.2) is 38.9 Å². The molecule has 0 atom stereocenters. The van der Waals surface area contributed by atoms with Crippen molar-refractivity contribution in [1.82, 2.24) is 20.0 Å². The second kappa shape index (κ2) is 8.65. The Labute approximate surface area is 176 Å². The van der Waals surface area contributed by atoms with Gasteiger partial charge in [-0.25, -0.2) is 9.67 Å². The van der Waals surface area contributed by atoms with Crippen LogP contribution in [0.4, 0.5) is 11.5 Å². The van der Waals surface area contributed by atoms with E-state index in [9.17, 15) is 4.79 Å². The Morgan fingerprint density at radius 1 is 1.17 bits per heavy atom. The smallest absolute Gasteiger partial charge is 0.185 e. The van der Waals surface area contributed by atoms with Gasteiger partial charge in [-0.1, -0.05) is 17.3 Å². The number of ketones is 1. The van der Waals surface area contributed by atoms with Gasteiger partial charge >= 0.3 is 0 Å². The van der Waals surface area contributed by atoms with E-state index >= 15 is 0 Å². The number of nitrogens with zero attached hydrogens (tertiary/aromatic N) is 5. The molecule has 1 aliphatic heterocycles. The molecular formula is C23H28N6O. The highest BCUT2D eigenvalue weighted by Gasteiger charge is 2.15. The number of benzene rings is 1. The summed E-state index contributed by atoms with van der Waals surface area (Å²) in [6, 6.07) is 10.4. The number of aryl methyl sites for hydroxylation is 2. The summed E-state index contributed by atoms with van der Waals surface area (Å²) in [6.45, 7) is 6.76. The molecule has 7 heteroatoms. The Bertz CT molecular complexity index is 1030. The van der Waals surface area contributed by atoms with E-state index in [-0.39, 0.29) is 5.78 Å². The number of pyridine rings is 1. The summed E-state index contributed by atoms with van der Waals surface area (Å²) in [5, 5.41) is 8.27. The van der Waals surface area contributed by atoms with Crippen molar-refractivity contribution in [2.75, 3.05) is 23.7 Å². The molecule has 0 unspecified atom stereocenters. The van der Waals surface area contributed by atoms with Crippen molar-refractivity contribution in [2.24, 2.45) is 0 Å². The highest BCUT2D eigenvalue weighted by atomic mass is 16.1. The highest BCUT2D eigenvalue weighted by Crippen LogP contribution is 2.22. The number of carbonyl (C=O) groups is 1. The van der Waals surface area contributed by atoms with Gasteiger partial charge in [0.1, 0.15) is 11.5 Å². The quantitative estimate of drug-likeness (QED) is 0.608. The van der Waals surface area contributed by atoms with Crippen molar-refractivity contribution in [3.63, 3.8) is 0 Å². The summed E-state index contributed by atoms with van der Waals surface area (Å²) in [5.74, 6) is 0.500. The molecule has 2 aromatic heterocycles. The van der Waals surface area contributed by atoms with E-state index in [1.54, 1.807) is 10.9 Å². The Morgan fingerprint density at radius 3 is 2.73 bits per heavy atom. The third-order valence-corrected chi connectivity index (χ3v) is 5.73. The zero-order valence-corrected chi connectivity index (χ0v) is 17.6. The molecule has 0 saturated carbocycles.